The van der Waals surface area contributed by atoms with E-state index in [0.29, 0.717) is 6.61 Å². The number of ether oxygens (including phenoxy) is 6. The normalized spacial score (nSPS) is 11.7. The molecule has 13 heteroatoms. The van der Waals surface area contributed by atoms with Crippen LogP contribution in [-0.2, 0) is 42.8 Å². The van der Waals surface area contributed by atoms with Crippen molar-refractivity contribution in [1.82, 2.24) is 10.6 Å². The van der Waals surface area contributed by atoms with Crippen molar-refractivity contribution in [1.29, 1.82) is 0 Å². The first kappa shape index (κ1) is 30.4. The lowest BCUT2D eigenvalue weighted by Crippen LogP contribution is -2.41. The Kier molecular flexibility index (Phi) is 16.0. The number of esters is 3. The average molecular weight is 488 g/mol. The zero-order chi connectivity index (χ0) is 25.9. The number of amides is 2. The molecule has 34 heavy (non-hydrogen) atoms. The molecular formula is C21H32N2O11. The molecule has 0 aliphatic heterocycles. The SMILES string of the molecule is C=CC(=O)OCCC(=O)OCC(COC(=O)C(=C)C)OC(=O)NCNC(=O)OCC(C)OCC. The van der Waals surface area contributed by atoms with Crippen molar-refractivity contribution in [3.63, 3.8) is 0 Å². The molecule has 0 spiro atoms. The van der Waals surface area contributed by atoms with Crippen molar-refractivity contribution in [2.75, 3.05) is 39.7 Å². The van der Waals surface area contributed by atoms with E-state index in [1.54, 1.807) is 13.8 Å². The van der Waals surface area contributed by atoms with Gasteiger partial charge in [0.05, 0.1) is 19.2 Å². The molecule has 0 saturated carbocycles. The molecule has 2 unspecified atom stereocenters. The lowest BCUT2D eigenvalue weighted by molar-refractivity contribution is -0.152. The Bertz CT molecular complexity index is 724. The van der Waals surface area contributed by atoms with Crippen molar-refractivity contribution in [3.8, 4) is 0 Å². The third-order valence-corrected chi connectivity index (χ3v) is 3.54. The Morgan fingerprint density at radius 2 is 1.59 bits per heavy atom. The first-order valence-corrected chi connectivity index (χ1v) is 10.3. The predicted molar refractivity (Wildman–Crippen MR) is 116 cm³/mol. The number of rotatable bonds is 16. The van der Waals surface area contributed by atoms with Crippen LogP contribution in [0.3, 0.4) is 0 Å². The molecule has 0 saturated heterocycles. The third kappa shape index (κ3) is 16.1. The fourth-order valence-corrected chi connectivity index (χ4v) is 1.92. The highest BCUT2D eigenvalue weighted by Crippen LogP contribution is 2.01. The van der Waals surface area contributed by atoms with Crippen LogP contribution in [0.15, 0.2) is 24.8 Å². The molecule has 0 aliphatic rings. The highest BCUT2D eigenvalue weighted by Gasteiger charge is 2.20. The van der Waals surface area contributed by atoms with Gasteiger partial charge in [-0.1, -0.05) is 13.2 Å². The minimum atomic E-state index is -1.16. The number of nitrogens with one attached hydrogen (secondary N) is 2. The Hall–Kier alpha value is -3.61. The summed E-state index contributed by atoms with van der Waals surface area (Å²) in [5.41, 5.74) is 0.116. The molecule has 0 rings (SSSR count). The Labute approximate surface area is 197 Å². The molecule has 0 bridgehead atoms. The van der Waals surface area contributed by atoms with E-state index in [9.17, 15) is 24.0 Å². The second-order valence-corrected chi connectivity index (χ2v) is 6.61. The molecule has 0 heterocycles. The molecule has 13 nitrogen and oxygen atoms in total. The van der Waals surface area contributed by atoms with Gasteiger partial charge >= 0.3 is 30.1 Å². The van der Waals surface area contributed by atoms with Gasteiger partial charge in [-0.15, -0.1) is 0 Å². The number of carbonyl (C=O) groups excluding carboxylic acids is 5. The van der Waals surface area contributed by atoms with E-state index >= 15 is 0 Å². The quantitative estimate of drug-likeness (QED) is 0.138. The molecule has 0 aromatic heterocycles. The second-order valence-electron chi connectivity index (χ2n) is 6.61. The van der Waals surface area contributed by atoms with E-state index in [4.69, 9.17) is 23.7 Å². The summed E-state index contributed by atoms with van der Waals surface area (Å²) in [6.45, 7) is 10.7. The van der Waals surface area contributed by atoms with Crippen LogP contribution in [-0.4, -0.2) is 82.0 Å². The summed E-state index contributed by atoms with van der Waals surface area (Å²) in [4.78, 5) is 57.9. The van der Waals surface area contributed by atoms with Crippen LogP contribution in [0.4, 0.5) is 9.59 Å². The summed E-state index contributed by atoms with van der Waals surface area (Å²) in [5, 5.41) is 4.52. The minimum absolute atomic E-state index is 0.0262. The summed E-state index contributed by atoms with van der Waals surface area (Å²) in [7, 11) is 0. The summed E-state index contributed by atoms with van der Waals surface area (Å²) in [6.07, 6.45) is -2.53. The van der Waals surface area contributed by atoms with E-state index in [-0.39, 0.29) is 38.0 Å². The molecule has 2 atom stereocenters. The topological polar surface area (TPSA) is 165 Å². The van der Waals surface area contributed by atoms with E-state index in [1.807, 2.05) is 0 Å². The first-order valence-electron chi connectivity index (χ1n) is 10.3. The van der Waals surface area contributed by atoms with Crippen LogP contribution < -0.4 is 10.6 Å². The number of carbonyl (C=O) groups is 5. The van der Waals surface area contributed by atoms with Gasteiger partial charge in [0.1, 0.15) is 26.4 Å². The fraction of sp³-hybridized carbons (Fsp3) is 0.571. The van der Waals surface area contributed by atoms with Gasteiger partial charge in [-0.2, -0.15) is 0 Å². The molecule has 0 aromatic rings. The Balaban J connectivity index is 4.51. The summed E-state index contributed by atoms with van der Waals surface area (Å²) >= 11 is 0. The molecule has 0 aliphatic carbocycles. The molecule has 2 N–H and O–H groups in total. The third-order valence-electron chi connectivity index (χ3n) is 3.54. The van der Waals surface area contributed by atoms with Gasteiger partial charge in [-0.05, 0) is 20.8 Å². The van der Waals surface area contributed by atoms with Crippen LogP contribution in [0, 0.1) is 0 Å². The zero-order valence-corrected chi connectivity index (χ0v) is 19.6. The van der Waals surface area contributed by atoms with E-state index < -0.39 is 49.4 Å². The van der Waals surface area contributed by atoms with Gasteiger partial charge in [-0.25, -0.2) is 19.2 Å². The maximum absolute atomic E-state index is 12.0. The van der Waals surface area contributed by atoms with E-state index in [1.165, 1.54) is 6.92 Å². The first-order chi connectivity index (χ1) is 16.1. The van der Waals surface area contributed by atoms with Crippen molar-refractivity contribution in [2.24, 2.45) is 0 Å². The minimum Gasteiger partial charge on any atom is -0.462 e. The van der Waals surface area contributed by atoms with Crippen LogP contribution in [0.2, 0.25) is 0 Å². The zero-order valence-electron chi connectivity index (χ0n) is 19.6. The Morgan fingerprint density at radius 3 is 2.21 bits per heavy atom. The molecule has 2 amide bonds. The predicted octanol–water partition coefficient (Wildman–Crippen LogP) is 0.972. The van der Waals surface area contributed by atoms with Crippen molar-refractivity contribution in [2.45, 2.75) is 39.4 Å². The fourth-order valence-electron chi connectivity index (χ4n) is 1.92. The summed E-state index contributed by atoms with van der Waals surface area (Å²) < 4.78 is 29.7. The van der Waals surface area contributed by atoms with Crippen LogP contribution in [0.5, 0.6) is 0 Å². The van der Waals surface area contributed by atoms with Gasteiger partial charge in [-0.3, -0.25) is 4.79 Å². The van der Waals surface area contributed by atoms with Crippen LogP contribution in [0.25, 0.3) is 0 Å². The van der Waals surface area contributed by atoms with E-state index in [2.05, 4.69) is 28.5 Å². The van der Waals surface area contributed by atoms with E-state index in [0.717, 1.165) is 6.08 Å². The van der Waals surface area contributed by atoms with Gasteiger partial charge in [0.15, 0.2) is 6.10 Å². The largest absolute Gasteiger partial charge is 0.462 e. The van der Waals surface area contributed by atoms with Gasteiger partial charge in [0.2, 0.25) is 0 Å². The maximum atomic E-state index is 12.0. The second kappa shape index (κ2) is 17.9. The standard InChI is InChI=1S/C21H32N2O11/c1-6-17(24)30-9-8-18(25)31-11-16(12-32-19(26)14(3)4)34-21(28)23-13-22-20(27)33-10-15(5)29-7-2/h6,15-16H,1,3,7-13H2,2,4-5H3,(H,22,27)(H,23,28). The number of hydrogen-bond acceptors (Lipinski definition) is 11. The van der Waals surface area contributed by atoms with Crippen molar-refractivity contribution in [3.05, 3.63) is 24.8 Å². The smallest absolute Gasteiger partial charge is 0.409 e. The van der Waals surface area contributed by atoms with Crippen LogP contribution in [0.1, 0.15) is 27.2 Å². The molecule has 0 radical (unpaired) electrons. The van der Waals surface area contributed by atoms with Gasteiger partial charge < -0.3 is 39.1 Å². The summed E-state index contributed by atoms with van der Waals surface area (Å²) in [6, 6.07) is 0. The average Bonchev–Trinajstić information content (AvgIpc) is 2.79. The monoisotopic (exact) mass is 488 g/mol. The summed E-state index contributed by atoms with van der Waals surface area (Å²) in [5.74, 6) is -2.18. The highest BCUT2D eigenvalue weighted by atomic mass is 16.6. The van der Waals surface area contributed by atoms with Gasteiger partial charge in [0.25, 0.3) is 0 Å². The van der Waals surface area contributed by atoms with Crippen molar-refractivity contribution < 1.29 is 52.4 Å². The lowest BCUT2D eigenvalue weighted by atomic mass is 10.3. The lowest BCUT2D eigenvalue weighted by Gasteiger charge is -2.18. The maximum Gasteiger partial charge on any atom is 0.409 e. The molecular weight excluding hydrogens is 456 g/mol. The van der Waals surface area contributed by atoms with Crippen LogP contribution >= 0.6 is 0 Å². The van der Waals surface area contributed by atoms with Crippen molar-refractivity contribution >= 4 is 30.1 Å². The number of hydrogen-bond donors (Lipinski definition) is 2. The molecule has 192 valence electrons. The van der Waals surface area contributed by atoms with Gasteiger partial charge in [0, 0.05) is 18.3 Å². The number of alkyl carbamates (subject to hydrolysis) is 2. The highest BCUT2D eigenvalue weighted by molar-refractivity contribution is 5.87. The molecule has 0 fully saturated rings. The Morgan fingerprint density at radius 1 is 0.941 bits per heavy atom. The molecule has 0 aromatic carbocycles.